The van der Waals surface area contributed by atoms with Gasteiger partial charge in [0.2, 0.25) is 11.8 Å². The van der Waals surface area contributed by atoms with Crippen LogP contribution in [0.3, 0.4) is 0 Å². The van der Waals surface area contributed by atoms with Gasteiger partial charge in [0.05, 0.1) is 0 Å². The SMILES string of the molecule is N[C@@H](C(=O)N1CCC[C@H]1C(=O)Nc1ccc2[nH]c(-c3ccc(N=O)cc3)cc2c1)c1ccccc1. The molecule has 0 bridgehead atoms. The lowest BCUT2D eigenvalue weighted by Crippen LogP contribution is -2.46. The molecule has 1 saturated heterocycles. The number of aromatic nitrogens is 1. The molecular weight excluding hydrogens is 442 g/mol. The fraction of sp³-hybridized carbons (Fsp3) is 0.185. The monoisotopic (exact) mass is 467 g/mol. The number of carbonyl (C=O) groups excluding carboxylic acids is 2. The van der Waals surface area contributed by atoms with E-state index < -0.39 is 12.1 Å². The highest BCUT2D eigenvalue weighted by atomic mass is 16.3. The smallest absolute Gasteiger partial charge is 0.247 e. The van der Waals surface area contributed by atoms with Crippen LogP contribution in [0.4, 0.5) is 11.4 Å². The number of amides is 2. The molecule has 3 aromatic carbocycles. The van der Waals surface area contributed by atoms with Gasteiger partial charge in [0.1, 0.15) is 17.8 Å². The number of H-pyrrole nitrogens is 1. The lowest BCUT2D eigenvalue weighted by atomic mass is 10.1. The van der Waals surface area contributed by atoms with Gasteiger partial charge in [-0.3, -0.25) is 9.59 Å². The van der Waals surface area contributed by atoms with Crippen LogP contribution in [0.25, 0.3) is 22.2 Å². The van der Waals surface area contributed by atoms with Gasteiger partial charge in [-0.05, 0) is 65.5 Å². The third-order valence-corrected chi connectivity index (χ3v) is 6.44. The molecular formula is C27H25N5O3. The molecule has 2 atom stereocenters. The quantitative estimate of drug-likeness (QED) is 0.351. The van der Waals surface area contributed by atoms with Crippen LogP contribution in [-0.4, -0.2) is 34.3 Å². The lowest BCUT2D eigenvalue weighted by molar-refractivity contribution is -0.137. The number of carbonyl (C=O) groups is 2. The van der Waals surface area contributed by atoms with Crippen molar-refractivity contribution >= 4 is 34.1 Å². The second-order valence-corrected chi connectivity index (χ2v) is 8.69. The minimum atomic E-state index is -0.796. The van der Waals surface area contributed by atoms with Crippen molar-refractivity contribution in [3.63, 3.8) is 0 Å². The van der Waals surface area contributed by atoms with E-state index in [1.54, 1.807) is 17.0 Å². The van der Waals surface area contributed by atoms with Gasteiger partial charge in [-0.1, -0.05) is 42.5 Å². The molecule has 4 aromatic rings. The molecule has 0 saturated carbocycles. The van der Waals surface area contributed by atoms with Crippen LogP contribution >= 0.6 is 0 Å². The van der Waals surface area contributed by atoms with Gasteiger partial charge in [0.15, 0.2) is 0 Å². The summed E-state index contributed by atoms with van der Waals surface area (Å²) in [7, 11) is 0. The third-order valence-electron chi connectivity index (χ3n) is 6.44. The van der Waals surface area contributed by atoms with Gasteiger partial charge in [0, 0.05) is 28.8 Å². The average Bonchev–Trinajstić information content (AvgIpc) is 3.56. The molecule has 1 aliphatic rings. The van der Waals surface area contributed by atoms with Crippen LogP contribution in [-0.2, 0) is 9.59 Å². The molecule has 4 N–H and O–H groups in total. The van der Waals surface area contributed by atoms with Crippen molar-refractivity contribution in [1.82, 2.24) is 9.88 Å². The number of nitrogens with zero attached hydrogens (tertiary/aromatic N) is 2. The van der Waals surface area contributed by atoms with Crippen LogP contribution in [0.1, 0.15) is 24.4 Å². The molecule has 8 heteroatoms. The largest absolute Gasteiger partial charge is 0.355 e. The van der Waals surface area contributed by atoms with E-state index in [2.05, 4.69) is 15.5 Å². The maximum atomic E-state index is 13.1. The summed E-state index contributed by atoms with van der Waals surface area (Å²) in [5, 5.41) is 6.83. The second kappa shape index (κ2) is 9.52. The Morgan fingerprint density at radius 2 is 1.80 bits per heavy atom. The van der Waals surface area contributed by atoms with E-state index >= 15 is 0 Å². The zero-order valence-corrected chi connectivity index (χ0v) is 19.0. The number of aromatic amines is 1. The normalized spacial score (nSPS) is 16.3. The number of nitrogens with two attached hydrogens (primary N) is 1. The van der Waals surface area contributed by atoms with Gasteiger partial charge in [-0.2, -0.15) is 0 Å². The molecule has 176 valence electrons. The summed E-state index contributed by atoms with van der Waals surface area (Å²) in [6.07, 6.45) is 1.35. The summed E-state index contributed by atoms with van der Waals surface area (Å²) >= 11 is 0. The molecule has 35 heavy (non-hydrogen) atoms. The fourth-order valence-corrected chi connectivity index (χ4v) is 4.58. The van der Waals surface area contributed by atoms with E-state index in [1.165, 1.54) is 0 Å². The van der Waals surface area contributed by atoms with Crippen molar-refractivity contribution < 1.29 is 9.59 Å². The third kappa shape index (κ3) is 4.56. The average molecular weight is 468 g/mol. The molecule has 1 fully saturated rings. The molecule has 2 amide bonds. The Labute approximate surface area is 202 Å². The van der Waals surface area contributed by atoms with Crippen molar-refractivity contribution in [2.75, 3.05) is 11.9 Å². The first-order chi connectivity index (χ1) is 17.0. The first-order valence-corrected chi connectivity index (χ1v) is 11.5. The van der Waals surface area contributed by atoms with Gasteiger partial charge < -0.3 is 20.9 Å². The maximum Gasteiger partial charge on any atom is 0.247 e. The second-order valence-electron chi connectivity index (χ2n) is 8.69. The number of nitroso groups, excluding NO2 is 1. The Bertz CT molecular complexity index is 1380. The molecule has 5 rings (SSSR count). The van der Waals surface area contributed by atoms with E-state index in [0.29, 0.717) is 24.3 Å². The molecule has 0 aliphatic carbocycles. The van der Waals surface area contributed by atoms with Crippen molar-refractivity contribution in [2.24, 2.45) is 10.9 Å². The molecule has 2 heterocycles. The summed E-state index contributed by atoms with van der Waals surface area (Å²) in [5.41, 5.74) is 10.7. The van der Waals surface area contributed by atoms with Crippen molar-refractivity contribution in [1.29, 1.82) is 0 Å². The maximum absolute atomic E-state index is 13.1. The fourth-order valence-electron chi connectivity index (χ4n) is 4.58. The number of anilines is 1. The summed E-state index contributed by atoms with van der Waals surface area (Å²) < 4.78 is 0. The standard InChI is InChI=1S/C27H25N5O3/c28-25(18-5-2-1-3-6-18)27(34)32-14-4-7-24(32)26(33)29-21-12-13-22-19(15-21)16-23(30-22)17-8-10-20(31-35)11-9-17/h1-3,5-6,8-13,15-16,24-25,30H,4,7,14,28H2,(H,29,33)/t24-,25+/m0/s1. The molecule has 1 aromatic heterocycles. The van der Waals surface area contributed by atoms with Gasteiger partial charge in [-0.15, -0.1) is 4.91 Å². The summed E-state index contributed by atoms with van der Waals surface area (Å²) in [5.74, 6) is -0.460. The summed E-state index contributed by atoms with van der Waals surface area (Å²) in [4.78, 5) is 41.8. The van der Waals surface area contributed by atoms with Crippen molar-refractivity contribution in [3.8, 4) is 11.3 Å². The molecule has 0 radical (unpaired) electrons. The summed E-state index contributed by atoms with van der Waals surface area (Å²) in [6.45, 7) is 0.510. The van der Waals surface area contributed by atoms with E-state index in [4.69, 9.17) is 5.73 Å². The minimum absolute atomic E-state index is 0.219. The Hall–Kier alpha value is -4.30. The molecule has 8 nitrogen and oxygen atoms in total. The minimum Gasteiger partial charge on any atom is -0.355 e. The van der Waals surface area contributed by atoms with Crippen LogP contribution in [0.5, 0.6) is 0 Å². The Morgan fingerprint density at radius 3 is 2.54 bits per heavy atom. The van der Waals surface area contributed by atoms with Crippen LogP contribution in [0.2, 0.25) is 0 Å². The molecule has 0 unspecified atom stereocenters. The molecule has 0 spiro atoms. The van der Waals surface area contributed by atoms with Crippen LogP contribution in [0, 0.1) is 4.91 Å². The Morgan fingerprint density at radius 1 is 1.03 bits per heavy atom. The number of benzene rings is 3. The number of rotatable bonds is 6. The van der Waals surface area contributed by atoms with E-state index in [9.17, 15) is 14.5 Å². The highest BCUT2D eigenvalue weighted by Crippen LogP contribution is 2.29. The number of hydrogen-bond donors (Lipinski definition) is 3. The zero-order valence-electron chi connectivity index (χ0n) is 19.0. The number of nitrogens with one attached hydrogen (secondary N) is 2. The number of hydrogen-bond acceptors (Lipinski definition) is 5. The Kier molecular flexibility index (Phi) is 6.12. The van der Waals surface area contributed by atoms with Crippen LogP contribution < -0.4 is 11.1 Å². The van der Waals surface area contributed by atoms with E-state index in [0.717, 1.165) is 34.1 Å². The highest BCUT2D eigenvalue weighted by molar-refractivity contribution is 6.00. The molecule has 1 aliphatic heterocycles. The Balaban J connectivity index is 1.31. The van der Waals surface area contributed by atoms with Gasteiger partial charge >= 0.3 is 0 Å². The number of fused-ring (bicyclic) bond motifs is 1. The van der Waals surface area contributed by atoms with E-state index in [-0.39, 0.29) is 11.8 Å². The zero-order chi connectivity index (χ0) is 24.4. The van der Waals surface area contributed by atoms with Crippen molar-refractivity contribution in [2.45, 2.75) is 24.9 Å². The first kappa shape index (κ1) is 22.5. The predicted molar refractivity (Wildman–Crippen MR) is 136 cm³/mol. The lowest BCUT2D eigenvalue weighted by Gasteiger charge is -2.27. The predicted octanol–water partition coefficient (Wildman–Crippen LogP) is 4.86. The van der Waals surface area contributed by atoms with Gasteiger partial charge in [0.25, 0.3) is 0 Å². The van der Waals surface area contributed by atoms with Crippen LogP contribution in [0.15, 0.2) is 84.0 Å². The first-order valence-electron chi connectivity index (χ1n) is 11.5. The summed E-state index contributed by atoms with van der Waals surface area (Å²) in [6, 6.07) is 22.4. The number of likely N-dealkylation sites (tertiary alicyclic amines) is 1. The topological polar surface area (TPSA) is 121 Å². The van der Waals surface area contributed by atoms with Crippen molar-refractivity contribution in [3.05, 3.63) is 89.3 Å². The van der Waals surface area contributed by atoms with Gasteiger partial charge in [-0.25, -0.2) is 0 Å². The van der Waals surface area contributed by atoms with E-state index in [1.807, 2.05) is 66.7 Å². The highest BCUT2D eigenvalue weighted by Gasteiger charge is 2.36.